The highest BCUT2D eigenvalue weighted by atomic mass is 32.2. The lowest BCUT2D eigenvalue weighted by Gasteiger charge is -2.30. The summed E-state index contributed by atoms with van der Waals surface area (Å²) in [6.07, 6.45) is 2.47. The Kier molecular flexibility index (Phi) is 6.60. The summed E-state index contributed by atoms with van der Waals surface area (Å²) >= 11 is 1.56. The van der Waals surface area contributed by atoms with Crippen LogP contribution in [0.2, 0.25) is 0 Å². The molecule has 1 unspecified atom stereocenters. The molecule has 2 N–H and O–H groups in total. The molecule has 2 aromatic carbocycles. The summed E-state index contributed by atoms with van der Waals surface area (Å²) in [5.74, 6) is 1.26. The number of anilines is 2. The Morgan fingerprint density at radius 1 is 1.10 bits per heavy atom. The van der Waals surface area contributed by atoms with Gasteiger partial charge in [-0.2, -0.15) is 0 Å². The lowest BCUT2D eigenvalue weighted by atomic mass is 9.99. The molecule has 166 valence electrons. The van der Waals surface area contributed by atoms with E-state index in [-0.39, 0.29) is 16.7 Å². The van der Waals surface area contributed by atoms with Crippen molar-refractivity contribution >= 4 is 39.1 Å². The first-order chi connectivity index (χ1) is 14.8. The summed E-state index contributed by atoms with van der Waals surface area (Å²) in [5.41, 5.74) is 2.25. The number of thioether (sulfide) groups is 1. The maximum Gasteiger partial charge on any atom is 0.261 e. The number of nitrogens with zero attached hydrogens (tertiary/aromatic N) is 1. The van der Waals surface area contributed by atoms with Crippen molar-refractivity contribution in [3.05, 3.63) is 48.0 Å². The van der Waals surface area contributed by atoms with Crippen LogP contribution >= 0.6 is 11.8 Å². The normalized spacial score (nSPS) is 20.6. The first kappa shape index (κ1) is 22.2. The smallest absolute Gasteiger partial charge is 0.261 e. The number of hydrogen-bond acceptors (Lipinski definition) is 5. The van der Waals surface area contributed by atoms with Gasteiger partial charge >= 0.3 is 0 Å². The van der Waals surface area contributed by atoms with Crippen LogP contribution in [0.25, 0.3) is 0 Å². The van der Waals surface area contributed by atoms with Gasteiger partial charge in [0.15, 0.2) is 0 Å². The summed E-state index contributed by atoms with van der Waals surface area (Å²) in [6, 6.07) is 12.4. The highest BCUT2D eigenvalue weighted by molar-refractivity contribution is 7.99. The predicted octanol–water partition coefficient (Wildman–Crippen LogP) is 4.40. The SMILES string of the molecule is CC1CCN(Cc2ccc(NS(=O)(=O)c3ccc4c(c3)NC(=O)C(C)CS4)cc2)CC1. The largest absolute Gasteiger partial charge is 0.325 e. The molecular weight excluding hydrogens is 430 g/mol. The van der Waals surface area contributed by atoms with Crippen molar-refractivity contribution in [2.75, 3.05) is 28.9 Å². The van der Waals surface area contributed by atoms with E-state index in [0.29, 0.717) is 17.1 Å². The van der Waals surface area contributed by atoms with Gasteiger partial charge in [0.25, 0.3) is 10.0 Å². The highest BCUT2D eigenvalue weighted by Crippen LogP contribution is 2.34. The fourth-order valence-corrected chi connectivity index (χ4v) is 5.91. The summed E-state index contributed by atoms with van der Waals surface area (Å²) in [7, 11) is -3.76. The number of benzene rings is 2. The van der Waals surface area contributed by atoms with Crippen molar-refractivity contribution in [1.82, 2.24) is 4.90 Å². The third-order valence-corrected chi connectivity index (χ3v) is 8.66. The van der Waals surface area contributed by atoms with Gasteiger partial charge < -0.3 is 5.32 Å². The number of piperidine rings is 1. The fourth-order valence-electron chi connectivity index (χ4n) is 3.82. The molecule has 0 aromatic heterocycles. The molecule has 0 bridgehead atoms. The first-order valence-electron chi connectivity index (χ1n) is 10.7. The van der Waals surface area contributed by atoms with Crippen LogP contribution in [-0.4, -0.2) is 38.1 Å². The van der Waals surface area contributed by atoms with Crippen molar-refractivity contribution in [3.63, 3.8) is 0 Å². The molecule has 2 heterocycles. The predicted molar refractivity (Wildman–Crippen MR) is 126 cm³/mol. The molecule has 2 aliphatic heterocycles. The minimum Gasteiger partial charge on any atom is -0.325 e. The van der Waals surface area contributed by atoms with Crippen LogP contribution in [-0.2, 0) is 21.4 Å². The quantitative estimate of drug-likeness (QED) is 0.693. The Balaban J connectivity index is 1.44. The van der Waals surface area contributed by atoms with Crippen LogP contribution < -0.4 is 10.0 Å². The van der Waals surface area contributed by atoms with E-state index in [1.807, 2.05) is 31.2 Å². The Morgan fingerprint density at radius 2 is 1.81 bits per heavy atom. The summed E-state index contributed by atoms with van der Waals surface area (Å²) in [6.45, 7) is 7.28. The standard InChI is InChI=1S/C23H29N3O3S2/c1-16-9-11-26(12-10-16)14-18-3-5-19(6-4-18)25-31(28,29)20-7-8-22-21(13-20)24-23(27)17(2)15-30-22/h3-8,13,16-17,25H,9-12,14-15H2,1-2H3,(H,24,27). The molecular formula is C23H29N3O3S2. The van der Waals surface area contributed by atoms with E-state index < -0.39 is 10.0 Å². The first-order valence-corrected chi connectivity index (χ1v) is 13.2. The van der Waals surface area contributed by atoms with E-state index in [9.17, 15) is 13.2 Å². The van der Waals surface area contributed by atoms with Gasteiger partial charge in [-0.25, -0.2) is 8.42 Å². The second kappa shape index (κ2) is 9.22. The molecule has 31 heavy (non-hydrogen) atoms. The summed E-state index contributed by atoms with van der Waals surface area (Å²) < 4.78 is 28.5. The number of carbonyl (C=O) groups excluding carboxylic acids is 1. The Bertz CT molecular complexity index is 1050. The molecule has 1 amide bonds. The van der Waals surface area contributed by atoms with Gasteiger partial charge in [0.2, 0.25) is 5.91 Å². The number of sulfonamides is 1. The number of amides is 1. The number of carbonyl (C=O) groups is 1. The van der Waals surface area contributed by atoms with E-state index in [4.69, 9.17) is 0 Å². The average molecular weight is 460 g/mol. The molecule has 1 saturated heterocycles. The second-order valence-electron chi connectivity index (χ2n) is 8.62. The number of hydrogen-bond donors (Lipinski definition) is 2. The lowest BCUT2D eigenvalue weighted by molar-refractivity contribution is -0.118. The zero-order valence-electron chi connectivity index (χ0n) is 17.9. The molecule has 1 fully saturated rings. The van der Waals surface area contributed by atoms with Crippen molar-refractivity contribution in [2.45, 2.75) is 43.0 Å². The minimum atomic E-state index is -3.76. The molecule has 2 aliphatic rings. The number of rotatable bonds is 5. The van der Waals surface area contributed by atoms with Gasteiger partial charge in [-0.3, -0.25) is 14.4 Å². The third-order valence-electron chi connectivity index (χ3n) is 5.94. The number of nitrogens with one attached hydrogen (secondary N) is 2. The monoisotopic (exact) mass is 459 g/mol. The summed E-state index contributed by atoms with van der Waals surface area (Å²) in [5, 5.41) is 2.84. The Labute approximate surface area is 188 Å². The molecule has 8 heteroatoms. The van der Waals surface area contributed by atoms with Crippen LogP contribution in [0.3, 0.4) is 0 Å². The van der Waals surface area contributed by atoms with E-state index in [0.717, 1.165) is 30.4 Å². The highest BCUT2D eigenvalue weighted by Gasteiger charge is 2.23. The zero-order chi connectivity index (χ0) is 22.0. The van der Waals surface area contributed by atoms with Crippen LogP contribution in [0.15, 0.2) is 52.3 Å². The molecule has 0 spiro atoms. The van der Waals surface area contributed by atoms with Gasteiger partial charge in [-0.15, -0.1) is 11.8 Å². The van der Waals surface area contributed by atoms with Gasteiger partial charge in [0, 0.05) is 28.8 Å². The van der Waals surface area contributed by atoms with E-state index >= 15 is 0 Å². The number of fused-ring (bicyclic) bond motifs is 1. The van der Waals surface area contributed by atoms with Gasteiger partial charge in [0.05, 0.1) is 10.6 Å². The van der Waals surface area contributed by atoms with Gasteiger partial charge in [-0.05, 0) is 67.7 Å². The number of likely N-dealkylation sites (tertiary alicyclic amines) is 1. The van der Waals surface area contributed by atoms with Crippen molar-refractivity contribution in [2.24, 2.45) is 11.8 Å². The van der Waals surface area contributed by atoms with E-state index in [2.05, 4.69) is 21.9 Å². The molecule has 2 aromatic rings. The van der Waals surface area contributed by atoms with Crippen LogP contribution in [0.1, 0.15) is 32.3 Å². The summed E-state index contributed by atoms with van der Waals surface area (Å²) in [4.78, 5) is 15.6. The van der Waals surface area contributed by atoms with Gasteiger partial charge in [0.1, 0.15) is 0 Å². The maximum absolute atomic E-state index is 12.9. The molecule has 6 nitrogen and oxygen atoms in total. The van der Waals surface area contributed by atoms with E-state index in [1.165, 1.54) is 24.5 Å². The van der Waals surface area contributed by atoms with E-state index in [1.54, 1.807) is 23.9 Å². The maximum atomic E-state index is 12.9. The van der Waals surface area contributed by atoms with Crippen molar-refractivity contribution < 1.29 is 13.2 Å². The fraction of sp³-hybridized carbons (Fsp3) is 0.435. The van der Waals surface area contributed by atoms with Crippen LogP contribution in [0.5, 0.6) is 0 Å². The van der Waals surface area contributed by atoms with Crippen molar-refractivity contribution in [3.8, 4) is 0 Å². The van der Waals surface area contributed by atoms with Gasteiger partial charge in [-0.1, -0.05) is 26.0 Å². The lowest BCUT2D eigenvalue weighted by Crippen LogP contribution is -2.32. The topological polar surface area (TPSA) is 78.5 Å². The molecule has 1 atom stereocenters. The van der Waals surface area contributed by atoms with Crippen LogP contribution in [0.4, 0.5) is 11.4 Å². The molecule has 0 radical (unpaired) electrons. The Morgan fingerprint density at radius 3 is 2.52 bits per heavy atom. The van der Waals surface area contributed by atoms with Crippen molar-refractivity contribution in [1.29, 1.82) is 0 Å². The zero-order valence-corrected chi connectivity index (χ0v) is 19.6. The molecule has 0 aliphatic carbocycles. The average Bonchev–Trinajstić information content (AvgIpc) is 2.89. The third kappa shape index (κ3) is 5.42. The Hall–Kier alpha value is -2.03. The molecule has 0 saturated carbocycles. The minimum absolute atomic E-state index is 0.0903. The molecule has 4 rings (SSSR count). The van der Waals surface area contributed by atoms with Crippen LogP contribution in [0, 0.1) is 11.8 Å². The second-order valence-corrected chi connectivity index (χ2v) is 11.4.